The van der Waals surface area contributed by atoms with Gasteiger partial charge in [0.25, 0.3) is 0 Å². The van der Waals surface area contributed by atoms with E-state index in [0.29, 0.717) is 17.5 Å². The van der Waals surface area contributed by atoms with Crippen LogP contribution in [0, 0.1) is 11.8 Å². The fraction of sp³-hybridized carbons (Fsp3) is 0.727. The van der Waals surface area contributed by atoms with Crippen LogP contribution in [-0.4, -0.2) is 12.0 Å². The van der Waals surface area contributed by atoms with Gasteiger partial charge in [-0.15, -0.1) is 0 Å². The summed E-state index contributed by atoms with van der Waals surface area (Å²) in [5, 5.41) is 2.88. The van der Waals surface area contributed by atoms with E-state index in [1.165, 1.54) is 19.3 Å². The normalized spacial score (nSPS) is 40.8. The Bertz CT molecular complexity index is 297. The van der Waals surface area contributed by atoms with E-state index in [2.05, 4.69) is 17.2 Å². The van der Waals surface area contributed by atoms with Crippen molar-refractivity contribution < 1.29 is 0 Å². The van der Waals surface area contributed by atoms with E-state index < -0.39 is 5.66 Å². The highest BCUT2D eigenvalue weighted by Crippen LogP contribution is 2.39. The van der Waals surface area contributed by atoms with Crippen molar-refractivity contribution in [2.24, 2.45) is 28.3 Å². The van der Waals surface area contributed by atoms with Gasteiger partial charge in [0.15, 0.2) is 5.66 Å². The molecule has 0 spiro atoms. The van der Waals surface area contributed by atoms with Gasteiger partial charge in [0.1, 0.15) is 0 Å². The highest BCUT2D eigenvalue weighted by Gasteiger charge is 2.41. The Morgan fingerprint density at radius 3 is 2.87 bits per heavy atom. The van der Waals surface area contributed by atoms with E-state index >= 15 is 0 Å². The molecule has 1 unspecified atom stereocenters. The Balaban J connectivity index is 2.23. The lowest BCUT2D eigenvalue weighted by Crippen LogP contribution is -2.54. The summed E-state index contributed by atoms with van der Waals surface area (Å²) in [6, 6.07) is 0. The number of rotatable bonds is 1. The Kier molecular flexibility index (Phi) is 2.69. The first kappa shape index (κ1) is 10.5. The van der Waals surface area contributed by atoms with Gasteiger partial charge in [-0.2, -0.15) is 0 Å². The first-order valence-corrected chi connectivity index (χ1v) is 5.69. The van der Waals surface area contributed by atoms with E-state index in [1.54, 1.807) is 12.5 Å². The lowest BCUT2D eigenvalue weighted by atomic mass is 9.72. The number of hydrogen-bond acceptors (Lipinski definition) is 4. The van der Waals surface area contributed by atoms with Crippen LogP contribution in [0.25, 0.3) is 0 Å². The molecule has 0 saturated heterocycles. The minimum Gasteiger partial charge on any atom is -0.398 e. The third kappa shape index (κ3) is 1.74. The maximum Gasteiger partial charge on any atom is 0.154 e. The molecule has 4 heteroatoms. The molecule has 3 atom stereocenters. The zero-order valence-corrected chi connectivity index (χ0v) is 9.24. The number of aliphatic imine (C=N–C) groups is 1. The van der Waals surface area contributed by atoms with E-state index in [9.17, 15) is 0 Å². The second-order valence-corrected chi connectivity index (χ2v) is 4.72. The summed E-state index contributed by atoms with van der Waals surface area (Å²) in [7, 11) is 0. The van der Waals surface area contributed by atoms with Crippen molar-refractivity contribution >= 4 is 6.34 Å². The van der Waals surface area contributed by atoms with Gasteiger partial charge in [0.2, 0.25) is 0 Å². The molecule has 0 aromatic rings. The smallest absolute Gasteiger partial charge is 0.154 e. The predicted octanol–water partition coefficient (Wildman–Crippen LogP) is 0.899. The summed E-state index contributed by atoms with van der Waals surface area (Å²) in [5.74, 6) is 0.979. The van der Waals surface area contributed by atoms with Crippen molar-refractivity contribution in [2.75, 3.05) is 0 Å². The zero-order chi connectivity index (χ0) is 10.9. The van der Waals surface area contributed by atoms with Crippen LogP contribution in [0.3, 0.4) is 0 Å². The molecule has 0 radical (unpaired) electrons. The molecule has 0 bridgehead atoms. The van der Waals surface area contributed by atoms with Gasteiger partial charge >= 0.3 is 0 Å². The standard InChI is InChI=1S/C11H20N4/c1-8-4-2-3-5-9(8)11(13)10(12)6-14-7-15-11/h6-9H,2-5,12-13H2,1H3,(H,14,15)/t8-,9+,11?/m1/s1. The average Bonchev–Trinajstić information content (AvgIpc) is 2.23. The summed E-state index contributed by atoms with van der Waals surface area (Å²) in [6.07, 6.45) is 8.32. The highest BCUT2D eigenvalue weighted by atomic mass is 15.1. The molecule has 0 amide bonds. The van der Waals surface area contributed by atoms with E-state index in [-0.39, 0.29) is 0 Å². The predicted molar refractivity (Wildman–Crippen MR) is 61.9 cm³/mol. The third-order valence-corrected chi connectivity index (χ3v) is 3.73. The second kappa shape index (κ2) is 3.85. The molecule has 1 aliphatic heterocycles. The molecule has 1 heterocycles. The van der Waals surface area contributed by atoms with Crippen molar-refractivity contribution in [1.82, 2.24) is 5.32 Å². The number of nitrogens with zero attached hydrogens (tertiary/aromatic N) is 1. The molecule has 0 aromatic heterocycles. The van der Waals surface area contributed by atoms with Crippen molar-refractivity contribution in [3.63, 3.8) is 0 Å². The zero-order valence-electron chi connectivity index (χ0n) is 9.24. The van der Waals surface area contributed by atoms with Crippen molar-refractivity contribution in [1.29, 1.82) is 0 Å². The van der Waals surface area contributed by atoms with Crippen LogP contribution >= 0.6 is 0 Å². The molecule has 84 valence electrons. The van der Waals surface area contributed by atoms with Crippen molar-refractivity contribution in [3.8, 4) is 0 Å². The fourth-order valence-corrected chi connectivity index (χ4v) is 2.74. The summed E-state index contributed by atoms with van der Waals surface area (Å²) in [5.41, 5.74) is 12.3. The van der Waals surface area contributed by atoms with Crippen LogP contribution < -0.4 is 16.8 Å². The minimum atomic E-state index is -0.676. The molecule has 5 N–H and O–H groups in total. The molecule has 15 heavy (non-hydrogen) atoms. The van der Waals surface area contributed by atoms with Gasteiger partial charge < -0.3 is 16.8 Å². The van der Waals surface area contributed by atoms with Crippen molar-refractivity contribution in [2.45, 2.75) is 38.3 Å². The molecule has 2 aliphatic rings. The summed E-state index contributed by atoms with van der Waals surface area (Å²) in [6.45, 7) is 2.25. The Morgan fingerprint density at radius 1 is 1.47 bits per heavy atom. The van der Waals surface area contributed by atoms with Crippen LogP contribution in [0.5, 0.6) is 0 Å². The minimum absolute atomic E-state index is 0.376. The molecule has 4 nitrogen and oxygen atoms in total. The monoisotopic (exact) mass is 208 g/mol. The first-order valence-electron chi connectivity index (χ1n) is 5.69. The van der Waals surface area contributed by atoms with Gasteiger partial charge in [-0.3, -0.25) is 0 Å². The van der Waals surface area contributed by atoms with E-state index in [4.69, 9.17) is 11.5 Å². The van der Waals surface area contributed by atoms with E-state index in [1.807, 2.05) is 0 Å². The first-order chi connectivity index (χ1) is 7.14. The molecular weight excluding hydrogens is 188 g/mol. The number of hydrogen-bond donors (Lipinski definition) is 3. The van der Waals surface area contributed by atoms with Crippen molar-refractivity contribution in [3.05, 3.63) is 11.9 Å². The lowest BCUT2D eigenvalue weighted by Gasteiger charge is -2.41. The highest BCUT2D eigenvalue weighted by molar-refractivity contribution is 5.60. The number of nitrogens with one attached hydrogen (secondary N) is 1. The Labute approximate surface area is 90.8 Å². The van der Waals surface area contributed by atoms with Gasteiger partial charge in [-0.25, -0.2) is 4.99 Å². The molecule has 1 fully saturated rings. The summed E-state index contributed by atoms with van der Waals surface area (Å²) in [4.78, 5) is 4.36. The average molecular weight is 208 g/mol. The largest absolute Gasteiger partial charge is 0.398 e. The molecular formula is C11H20N4. The molecule has 1 saturated carbocycles. The van der Waals surface area contributed by atoms with Crippen LogP contribution in [0.2, 0.25) is 0 Å². The Morgan fingerprint density at radius 2 is 2.20 bits per heavy atom. The molecule has 1 aliphatic carbocycles. The van der Waals surface area contributed by atoms with Gasteiger partial charge in [-0.05, 0) is 12.3 Å². The summed E-state index contributed by atoms with van der Waals surface area (Å²) >= 11 is 0. The summed E-state index contributed by atoms with van der Waals surface area (Å²) < 4.78 is 0. The molecule has 2 rings (SSSR count). The SMILES string of the molecule is C[C@@H]1CCCC[C@@H]1C1(N)N=CNC=C1N. The van der Waals surface area contributed by atoms with Crippen LogP contribution in [0.1, 0.15) is 32.6 Å². The number of nitrogens with two attached hydrogens (primary N) is 2. The van der Waals surface area contributed by atoms with Gasteiger partial charge in [-0.1, -0.05) is 26.2 Å². The van der Waals surface area contributed by atoms with Crippen LogP contribution in [0.4, 0.5) is 0 Å². The van der Waals surface area contributed by atoms with E-state index in [0.717, 1.165) is 6.42 Å². The van der Waals surface area contributed by atoms with Crippen LogP contribution in [-0.2, 0) is 0 Å². The maximum atomic E-state index is 6.34. The van der Waals surface area contributed by atoms with Gasteiger partial charge in [0, 0.05) is 12.1 Å². The maximum absolute atomic E-state index is 6.34. The Hall–Kier alpha value is -1.03. The third-order valence-electron chi connectivity index (χ3n) is 3.73. The second-order valence-electron chi connectivity index (χ2n) is 4.72. The van der Waals surface area contributed by atoms with Gasteiger partial charge in [0.05, 0.1) is 12.0 Å². The quantitative estimate of drug-likeness (QED) is 0.599. The topological polar surface area (TPSA) is 76.4 Å². The molecule has 0 aromatic carbocycles. The fourth-order valence-electron chi connectivity index (χ4n) is 2.74. The lowest BCUT2D eigenvalue weighted by molar-refractivity contribution is 0.170. The van der Waals surface area contributed by atoms with Crippen LogP contribution in [0.15, 0.2) is 16.9 Å².